The van der Waals surface area contributed by atoms with Crippen molar-refractivity contribution >= 4 is 23.6 Å². The molecule has 0 heterocycles. The van der Waals surface area contributed by atoms with Gasteiger partial charge in [0.25, 0.3) is 5.91 Å². The number of ether oxygens (including phenoxy) is 1. The number of benzene rings is 4. The molecule has 1 amide bonds. The van der Waals surface area contributed by atoms with E-state index >= 15 is 0 Å². The summed E-state index contributed by atoms with van der Waals surface area (Å²) in [6.45, 7) is 0. The summed E-state index contributed by atoms with van der Waals surface area (Å²) in [4.78, 5) is 26.2. The molecule has 0 unspecified atom stereocenters. The van der Waals surface area contributed by atoms with Crippen LogP contribution in [0.3, 0.4) is 0 Å². The number of esters is 1. The molecule has 180 valence electrons. The SMILES string of the molecule is COC(=O)[C@@]1(NC(=O)c2ccccc2)C[C@@H]1SC(c1ccccc1)(c1ccccc1)c1ccccc1. The maximum Gasteiger partial charge on any atom is 0.332 e. The van der Waals surface area contributed by atoms with Crippen molar-refractivity contribution in [2.75, 3.05) is 7.11 Å². The second-order valence-corrected chi connectivity index (χ2v) is 10.3. The van der Waals surface area contributed by atoms with Crippen LogP contribution in [0.1, 0.15) is 33.5 Å². The van der Waals surface area contributed by atoms with E-state index in [1.807, 2.05) is 72.8 Å². The van der Waals surface area contributed by atoms with Gasteiger partial charge < -0.3 is 10.1 Å². The summed E-state index contributed by atoms with van der Waals surface area (Å²) in [5.74, 6) is -0.707. The fraction of sp³-hybridized carbons (Fsp3) is 0.161. The lowest BCUT2D eigenvalue weighted by molar-refractivity contribution is -0.144. The molecule has 1 saturated carbocycles. The van der Waals surface area contributed by atoms with Gasteiger partial charge in [0.1, 0.15) is 0 Å². The third-order valence-corrected chi connectivity index (χ3v) is 8.59. The number of methoxy groups -OCH3 is 1. The molecule has 1 aliphatic carbocycles. The Morgan fingerprint density at radius 2 is 1.17 bits per heavy atom. The van der Waals surface area contributed by atoms with E-state index in [9.17, 15) is 9.59 Å². The minimum absolute atomic E-state index is 0.196. The average Bonchev–Trinajstić information content (AvgIpc) is 3.65. The minimum atomic E-state index is -1.10. The minimum Gasteiger partial charge on any atom is -0.467 e. The molecule has 0 radical (unpaired) electrons. The van der Waals surface area contributed by atoms with Gasteiger partial charge in [-0.15, -0.1) is 11.8 Å². The molecule has 0 spiro atoms. The maximum absolute atomic E-state index is 13.1. The molecular weight excluding hydrogens is 466 g/mol. The lowest BCUT2D eigenvalue weighted by Gasteiger charge is -2.36. The Morgan fingerprint density at radius 1 is 0.750 bits per heavy atom. The molecule has 5 rings (SSSR count). The molecule has 5 heteroatoms. The normalized spacial score (nSPS) is 18.8. The maximum atomic E-state index is 13.1. The second kappa shape index (κ2) is 10.0. The molecular formula is C31H27NO3S. The van der Waals surface area contributed by atoms with Crippen molar-refractivity contribution < 1.29 is 14.3 Å². The fourth-order valence-electron chi connectivity index (χ4n) is 4.76. The van der Waals surface area contributed by atoms with Crippen LogP contribution in [-0.4, -0.2) is 29.8 Å². The number of thioether (sulfide) groups is 1. The number of carbonyl (C=O) groups is 2. The van der Waals surface area contributed by atoms with Crippen LogP contribution in [0.4, 0.5) is 0 Å². The van der Waals surface area contributed by atoms with Gasteiger partial charge in [-0.05, 0) is 35.2 Å². The highest BCUT2D eigenvalue weighted by atomic mass is 32.2. The summed E-state index contributed by atoms with van der Waals surface area (Å²) in [6, 6.07) is 39.9. The zero-order valence-corrected chi connectivity index (χ0v) is 20.8. The van der Waals surface area contributed by atoms with Crippen LogP contribution in [0.25, 0.3) is 0 Å². The average molecular weight is 494 g/mol. The highest BCUT2D eigenvalue weighted by Gasteiger charge is 2.65. The van der Waals surface area contributed by atoms with Crippen molar-refractivity contribution in [3.05, 3.63) is 144 Å². The first-order chi connectivity index (χ1) is 17.6. The smallest absolute Gasteiger partial charge is 0.332 e. The van der Waals surface area contributed by atoms with Gasteiger partial charge in [0.05, 0.1) is 11.9 Å². The second-order valence-electron chi connectivity index (χ2n) is 8.87. The van der Waals surface area contributed by atoms with Gasteiger partial charge in [0.15, 0.2) is 5.54 Å². The Bertz CT molecular complexity index is 1230. The highest BCUT2D eigenvalue weighted by Crippen LogP contribution is 2.59. The number of nitrogens with one attached hydrogen (secondary N) is 1. The Labute approximate surface area is 215 Å². The molecule has 4 nitrogen and oxygen atoms in total. The summed E-state index contributed by atoms with van der Waals surface area (Å²) >= 11 is 1.69. The molecule has 1 fully saturated rings. The van der Waals surface area contributed by atoms with E-state index < -0.39 is 16.3 Å². The van der Waals surface area contributed by atoms with E-state index in [-0.39, 0.29) is 11.2 Å². The molecule has 2 atom stereocenters. The lowest BCUT2D eigenvalue weighted by Crippen LogP contribution is -2.47. The van der Waals surface area contributed by atoms with Gasteiger partial charge in [-0.3, -0.25) is 4.79 Å². The van der Waals surface area contributed by atoms with Crippen LogP contribution in [0.15, 0.2) is 121 Å². The van der Waals surface area contributed by atoms with Gasteiger partial charge in [-0.1, -0.05) is 109 Å². The third kappa shape index (κ3) is 4.31. The summed E-state index contributed by atoms with van der Waals surface area (Å²) in [7, 11) is 1.37. The molecule has 4 aromatic rings. The van der Waals surface area contributed by atoms with Gasteiger partial charge in [-0.25, -0.2) is 4.79 Å². The van der Waals surface area contributed by atoms with Crippen LogP contribution in [-0.2, 0) is 14.3 Å². The highest BCUT2D eigenvalue weighted by molar-refractivity contribution is 8.01. The monoisotopic (exact) mass is 493 g/mol. The van der Waals surface area contributed by atoms with E-state index in [0.29, 0.717) is 12.0 Å². The standard InChI is InChI=1S/C31H27NO3S/c1-35-29(34)30(32-28(33)23-14-6-2-7-15-23)22-27(30)36-31(24-16-8-3-9-17-24,25-18-10-4-11-19-25)26-20-12-5-13-21-26/h2-21,27H,22H2,1H3,(H,32,33)/t27-,30+/m0/s1. The first-order valence-electron chi connectivity index (χ1n) is 11.9. The molecule has 4 aromatic carbocycles. The van der Waals surface area contributed by atoms with Crippen LogP contribution in [0.2, 0.25) is 0 Å². The lowest BCUT2D eigenvalue weighted by atomic mass is 9.84. The number of carbonyl (C=O) groups excluding carboxylic acids is 2. The van der Waals surface area contributed by atoms with Crippen LogP contribution in [0, 0.1) is 0 Å². The molecule has 0 bridgehead atoms. The summed E-state index contributed by atoms with van der Waals surface area (Å²) < 4.78 is 4.61. The predicted octanol–water partition coefficient (Wildman–Crippen LogP) is 5.83. The zero-order valence-electron chi connectivity index (χ0n) is 20.0. The van der Waals surface area contributed by atoms with Crippen molar-refractivity contribution in [3.63, 3.8) is 0 Å². The van der Waals surface area contributed by atoms with Crippen LogP contribution >= 0.6 is 11.8 Å². The Balaban J connectivity index is 1.59. The number of hydrogen-bond acceptors (Lipinski definition) is 4. The predicted molar refractivity (Wildman–Crippen MR) is 144 cm³/mol. The quantitative estimate of drug-likeness (QED) is 0.248. The van der Waals surface area contributed by atoms with Crippen LogP contribution < -0.4 is 5.32 Å². The molecule has 1 aliphatic rings. The van der Waals surface area contributed by atoms with Crippen molar-refractivity contribution in [1.29, 1.82) is 0 Å². The largest absolute Gasteiger partial charge is 0.467 e. The van der Waals surface area contributed by atoms with E-state index in [2.05, 4.69) is 41.7 Å². The number of hydrogen-bond donors (Lipinski definition) is 1. The summed E-state index contributed by atoms with van der Waals surface area (Å²) in [5.41, 5.74) is 2.72. The first kappa shape index (κ1) is 23.9. The molecule has 0 saturated heterocycles. The van der Waals surface area contributed by atoms with E-state index in [1.54, 1.807) is 23.9 Å². The van der Waals surface area contributed by atoms with Crippen molar-refractivity contribution in [1.82, 2.24) is 5.32 Å². The Kier molecular flexibility index (Phi) is 6.66. The number of amides is 1. The molecule has 0 aliphatic heterocycles. The topological polar surface area (TPSA) is 55.4 Å². The summed E-state index contributed by atoms with van der Waals surface area (Å²) in [6.07, 6.45) is 0.483. The molecule has 0 aromatic heterocycles. The number of rotatable bonds is 8. The molecule has 36 heavy (non-hydrogen) atoms. The van der Waals surface area contributed by atoms with E-state index in [4.69, 9.17) is 4.74 Å². The van der Waals surface area contributed by atoms with E-state index in [0.717, 1.165) is 16.7 Å². The Morgan fingerprint density at radius 3 is 1.58 bits per heavy atom. The van der Waals surface area contributed by atoms with Gasteiger partial charge in [0, 0.05) is 10.8 Å². The van der Waals surface area contributed by atoms with Crippen LogP contribution in [0.5, 0.6) is 0 Å². The van der Waals surface area contributed by atoms with Gasteiger partial charge in [-0.2, -0.15) is 0 Å². The zero-order chi connectivity index (χ0) is 25.0. The molecule has 1 N–H and O–H groups in total. The van der Waals surface area contributed by atoms with Crippen molar-refractivity contribution in [3.8, 4) is 0 Å². The van der Waals surface area contributed by atoms with Gasteiger partial charge >= 0.3 is 5.97 Å². The Hall–Kier alpha value is -3.83. The van der Waals surface area contributed by atoms with E-state index in [1.165, 1.54) is 7.11 Å². The first-order valence-corrected chi connectivity index (χ1v) is 12.8. The summed E-state index contributed by atoms with van der Waals surface area (Å²) in [5, 5.41) is 2.83. The van der Waals surface area contributed by atoms with Crippen molar-refractivity contribution in [2.45, 2.75) is 22.0 Å². The van der Waals surface area contributed by atoms with Crippen molar-refractivity contribution in [2.24, 2.45) is 0 Å². The third-order valence-electron chi connectivity index (χ3n) is 6.68. The van der Waals surface area contributed by atoms with Gasteiger partial charge in [0.2, 0.25) is 0 Å². The fourth-order valence-corrected chi connectivity index (χ4v) is 6.70.